The number of carbonyl (C=O) groups is 2. The number of nitrogens with zero attached hydrogens (tertiary/aromatic N) is 1. The predicted molar refractivity (Wildman–Crippen MR) is 83.3 cm³/mol. The van der Waals surface area contributed by atoms with E-state index in [9.17, 15) is 9.59 Å². The Morgan fingerprint density at radius 1 is 1.22 bits per heavy atom. The molecule has 0 aliphatic carbocycles. The molecular weight excluding hydrogens is 298 g/mol. The van der Waals surface area contributed by atoms with Gasteiger partial charge in [-0.2, -0.15) is 0 Å². The van der Waals surface area contributed by atoms with Crippen LogP contribution in [0.4, 0.5) is 10.6 Å². The van der Waals surface area contributed by atoms with E-state index in [1.165, 1.54) is 6.20 Å². The maximum Gasteiger partial charge on any atom is 0.413 e. The minimum absolute atomic E-state index is 0.0597. The number of H-pyrrole nitrogens is 1. The summed E-state index contributed by atoms with van der Waals surface area (Å²) in [6.07, 6.45) is 2.12. The molecule has 23 heavy (non-hydrogen) atoms. The highest BCUT2D eigenvalue weighted by Gasteiger charge is 2.15. The normalized spacial score (nSPS) is 10.4. The molecule has 3 N–H and O–H groups in total. The summed E-state index contributed by atoms with van der Waals surface area (Å²) in [7, 11) is 0. The number of benzene rings is 1. The first-order valence-electron chi connectivity index (χ1n) is 6.82. The van der Waals surface area contributed by atoms with Crippen LogP contribution in [0, 0.1) is 0 Å². The smallest absolute Gasteiger partial charge is 0.413 e. The van der Waals surface area contributed by atoms with Crippen LogP contribution in [0.5, 0.6) is 0 Å². The zero-order chi connectivity index (χ0) is 16.2. The zero-order valence-corrected chi connectivity index (χ0v) is 11.9. The molecule has 7 nitrogen and oxygen atoms in total. The van der Waals surface area contributed by atoms with Crippen LogP contribution in [-0.2, 0) is 11.3 Å². The molecule has 1 aromatic carbocycles. The average Bonchev–Trinajstić information content (AvgIpc) is 3.04. The Labute approximate surface area is 130 Å². The number of fused-ring (bicyclic) bond motifs is 1. The fourth-order valence-corrected chi connectivity index (χ4v) is 2.17. The largest absolute Gasteiger partial charge is 0.478 e. The number of carboxylic acids is 1. The zero-order valence-electron chi connectivity index (χ0n) is 11.9. The van der Waals surface area contributed by atoms with Crippen LogP contribution >= 0.6 is 0 Å². The molecule has 0 spiro atoms. The molecule has 3 aromatic rings. The van der Waals surface area contributed by atoms with E-state index >= 15 is 0 Å². The van der Waals surface area contributed by atoms with Crippen LogP contribution in [0.2, 0.25) is 0 Å². The fourth-order valence-electron chi connectivity index (χ4n) is 2.17. The molecular formula is C16H13N3O4. The van der Waals surface area contributed by atoms with Crippen molar-refractivity contribution in [2.45, 2.75) is 6.61 Å². The van der Waals surface area contributed by atoms with E-state index in [4.69, 9.17) is 9.84 Å². The van der Waals surface area contributed by atoms with E-state index in [2.05, 4.69) is 15.3 Å². The molecule has 0 bridgehead atoms. The van der Waals surface area contributed by atoms with E-state index in [0.717, 1.165) is 5.56 Å². The second kappa shape index (κ2) is 6.18. The number of hydrogen-bond acceptors (Lipinski definition) is 4. The molecule has 0 radical (unpaired) electrons. The Kier molecular flexibility index (Phi) is 3.92. The second-order valence-electron chi connectivity index (χ2n) is 4.78. The van der Waals surface area contributed by atoms with Crippen LogP contribution in [0.15, 0.2) is 48.8 Å². The van der Waals surface area contributed by atoms with Crippen molar-refractivity contribution in [2.75, 3.05) is 5.32 Å². The summed E-state index contributed by atoms with van der Waals surface area (Å²) < 4.78 is 5.11. The number of aromatic amines is 1. The minimum Gasteiger partial charge on any atom is -0.478 e. The Hall–Kier alpha value is -3.35. The lowest BCUT2D eigenvalue weighted by Crippen LogP contribution is -2.15. The van der Waals surface area contributed by atoms with Gasteiger partial charge in [0, 0.05) is 17.8 Å². The maximum absolute atomic E-state index is 11.9. The lowest BCUT2D eigenvalue weighted by molar-refractivity contribution is 0.0698. The van der Waals surface area contributed by atoms with Gasteiger partial charge in [0.15, 0.2) is 5.82 Å². The number of rotatable bonds is 4. The topological polar surface area (TPSA) is 104 Å². The van der Waals surface area contributed by atoms with Gasteiger partial charge in [0.2, 0.25) is 0 Å². The molecule has 0 aliphatic rings. The number of anilines is 1. The van der Waals surface area contributed by atoms with Crippen LogP contribution in [0.25, 0.3) is 10.9 Å². The summed E-state index contributed by atoms with van der Waals surface area (Å²) in [5, 5.41) is 12.1. The molecule has 0 saturated carbocycles. The van der Waals surface area contributed by atoms with Crippen LogP contribution in [-0.4, -0.2) is 27.1 Å². The monoisotopic (exact) mass is 311 g/mol. The highest BCUT2D eigenvalue weighted by Crippen LogP contribution is 2.23. The Bertz CT molecular complexity index is 858. The van der Waals surface area contributed by atoms with E-state index in [0.29, 0.717) is 10.9 Å². The summed E-state index contributed by atoms with van der Waals surface area (Å²) >= 11 is 0. The first-order chi connectivity index (χ1) is 11.1. The van der Waals surface area contributed by atoms with Crippen LogP contribution in [0.1, 0.15) is 15.9 Å². The van der Waals surface area contributed by atoms with Crippen molar-refractivity contribution in [2.24, 2.45) is 0 Å². The molecule has 7 heteroatoms. The summed E-state index contributed by atoms with van der Waals surface area (Å²) in [6.45, 7) is 0.133. The summed E-state index contributed by atoms with van der Waals surface area (Å²) in [5.74, 6) is -0.867. The number of carboxylic acid groups (broad SMARTS) is 1. The molecule has 1 amide bonds. The van der Waals surface area contributed by atoms with Gasteiger partial charge in [-0.1, -0.05) is 30.3 Å². The third-order valence-electron chi connectivity index (χ3n) is 3.26. The number of hydrogen-bond donors (Lipinski definition) is 3. The van der Waals surface area contributed by atoms with Crippen molar-refractivity contribution in [3.05, 3.63) is 59.9 Å². The quantitative estimate of drug-likeness (QED) is 0.687. The van der Waals surface area contributed by atoms with Crippen molar-refractivity contribution in [3.8, 4) is 0 Å². The van der Waals surface area contributed by atoms with Gasteiger partial charge < -0.3 is 14.8 Å². The van der Waals surface area contributed by atoms with Gasteiger partial charge >= 0.3 is 12.1 Å². The van der Waals surface area contributed by atoms with Crippen molar-refractivity contribution >= 4 is 28.8 Å². The van der Waals surface area contributed by atoms with Crippen LogP contribution in [0.3, 0.4) is 0 Å². The lowest BCUT2D eigenvalue weighted by Gasteiger charge is -2.08. The molecule has 2 heterocycles. The summed E-state index contributed by atoms with van der Waals surface area (Å²) in [5.41, 5.74) is 1.35. The molecule has 116 valence electrons. The summed E-state index contributed by atoms with van der Waals surface area (Å²) in [6, 6.07) is 10.9. The van der Waals surface area contributed by atoms with Gasteiger partial charge in [0.05, 0.1) is 11.1 Å². The fraction of sp³-hybridized carbons (Fsp3) is 0.0625. The molecule has 0 atom stereocenters. The van der Waals surface area contributed by atoms with E-state index in [1.807, 2.05) is 30.3 Å². The highest BCUT2D eigenvalue weighted by molar-refractivity contribution is 6.06. The lowest BCUT2D eigenvalue weighted by atomic mass is 10.2. The Morgan fingerprint density at radius 3 is 2.74 bits per heavy atom. The minimum atomic E-state index is -1.08. The van der Waals surface area contributed by atoms with Crippen molar-refractivity contribution < 1.29 is 19.4 Å². The van der Waals surface area contributed by atoms with E-state index < -0.39 is 12.1 Å². The number of nitrogens with one attached hydrogen (secondary N) is 2. The first-order valence-corrected chi connectivity index (χ1v) is 6.82. The van der Waals surface area contributed by atoms with Crippen molar-refractivity contribution in [3.63, 3.8) is 0 Å². The van der Waals surface area contributed by atoms with Gasteiger partial charge in [0.1, 0.15) is 6.61 Å². The average molecular weight is 311 g/mol. The number of carbonyl (C=O) groups excluding carboxylic acids is 1. The highest BCUT2D eigenvalue weighted by atomic mass is 16.5. The number of ether oxygens (including phenoxy) is 1. The van der Waals surface area contributed by atoms with Crippen LogP contribution < -0.4 is 5.32 Å². The number of aromatic nitrogens is 2. The van der Waals surface area contributed by atoms with E-state index in [-0.39, 0.29) is 18.0 Å². The number of amides is 1. The summed E-state index contributed by atoms with van der Waals surface area (Å²) in [4.78, 5) is 29.8. The molecule has 3 rings (SSSR count). The first kappa shape index (κ1) is 14.6. The maximum atomic E-state index is 11.9. The predicted octanol–water partition coefficient (Wildman–Crippen LogP) is 3.01. The van der Waals surface area contributed by atoms with Gasteiger partial charge in [-0.15, -0.1) is 0 Å². The third kappa shape index (κ3) is 3.13. The molecule has 0 unspecified atom stereocenters. The number of aromatic carboxylic acids is 1. The SMILES string of the molecule is O=C(Nc1ncc(C(=O)O)c2cc[nH]c12)OCc1ccccc1. The molecule has 0 aliphatic heterocycles. The van der Waals surface area contributed by atoms with Crippen molar-refractivity contribution in [1.82, 2.24) is 9.97 Å². The van der Waals surface area contributed by atoms with Gasteiger partial charge in [0.25, 0.3) is 0 Å². The molecule has 2 aromatic heterocycles. The van der Waals surface area contributed by atoms with Gasteiger partial charge in [-0.05, 0) is 11.6 Å². The van der Waals surface area contributed by atoms with Gasteiger partial charge in [-0.3, -0.25) is 5.32 Å². The van der Waals surface area contributed by atoms with Gasteiger partial charge in [-0.25, -0.2) is 14.6 Å². The Balaban J connectivity index is 1.74. The standard InChI is InChI=1S/C16H13N3O4/c20-15(21)12-8-18-14(13-11(12)6-7-17-13)19-16(22)23-9-10-4-2-1-3-5-10/h1-8,17H,9H2,(H,20,21)(H,18,19,22). The Morgan fingerprint density at radius 2 is 2.00 bits per heavy atom. The van der Waals surface area contributed by atoms with E-state index in [1.54, 1.807) is 12.3 Å². The molecule has 0 fully saturated rings. The van der Waals surface area contributed by atoms with Crippen molar-refractivity contribution in [1.29, 1.82) is 0 Å². The third-order valence-corrected chi connectivity index (χ3v) is 3.26. The second-order valence-corrected chi connectivity index (χ2v) is 4.78. The molecule has 0 saturated heterocycles. The number of pyridine rings is 1.